The Hall–Kier alpha value is -4.33. The molecule has 0 saturated heterocycles. The van der Waals surface area contributed by atoms with E-state index in [2.05, 4.69) is 17.0 Å². The van der Waals surface area contributed by atoms with Gasteiger partial charge in [0, 0.05) is 23.2 Å². The summed E-state index contributed by atoms with van der Waals surface area (Å²) >= 11 is 5.87. The van der Waals surface area contributed by atoms with Crippen molar-refractivity contribution in [2.24, 2.45) is 0 Å². The summed E-state index contributed by atoms with van der Waals surface area (Å²) in [5, 5.41) is 10.1. The minimum absolute atomic E-state index is 0.205. The lowest BCUT2D eigenvalue weighted by molar-refractivity contribution is -0.145. The zero-order chi connectivity index (χ0) is 26.7. The molecule has 2 N–H and O–H groups in total. The number of carboxylic acids is 1. The highest BCUT2D eigenvalue weighted by Gasteiger charge is 2.20. The number of hydrogen-bond acceptors (Lipinski definition) is 6. The Bertz CT molecular complexity index is 1330. The molecule has 1 unspecified atom stereocenters. The van der Waals surface area contributed by atoms with Gasteiger partial charge < -0.3 is 14.6 Å². The maximum Gasteiger partial charge on any atom is 0.345 e. The Labute approximate surface area is 226 Å². The van der Waals surface area contributed by atoms with Crippen molar-refractivity contribution in [1.29, 1.82) is 0 Å². The Morgan fingerprint density at radius 1 is 0.921 bits per heavy atom. The number of aliphatic carboxylic acids is 1. The second-order valence-corrected chi connectivity index (χ2v) is 8.75. The second-order valence-electron chi connectivity index (χ2n) is 8.32. The minimum atomic E-state index is -1.05. The molecule has 0 spiro atoms. The molecular formula is C30H27ClN2O5. The molecule has 4 aromatic rings. The van der Waals surface area contributed by atoms with Gasteiger partial charge >= 0.3 is 5.97 Å². The molecule has 0 aliphatic rings. The lowest BCUT2D eigenvalue weighted by atomic mass is 10.1. The van der Waals surface area contributed by atoms with Crippen LogP contribution in [0.1, 0.15) is 11.1 Å². The van der Waals surface area contributed by atoms with Crippen molar-refractivity contribution in [2.75, 3.05) is 13.2 Å². The fourth-order valence-electron chi connectivity index (χ4n) is 3.57. The van der Waals surface area contributed by atoms with Crippen molar-refractivity contribution in [3.05, 3.63) is 120 Å². The van der Waals surface area contributed by atoms with E-state index in [4.69, 9.17) is 25.9 Å². The van der Waals surface area contributed by atoms with Crippen LogP contribution >= 0.6 is 11.6 Å². The summed E-state index contributed by atoms with van der Waals surface area (Å²) in [6.45, 7) is 4.62. The van der Waals surface area contributed by atoms with Crippen LogP contribution in [0.15, 0.2) is 104 Å². The number of ether oxygens (including phenoxy) is 2. The van der Waals surface area contributed by atoms with Gasteiger partial charge in [0.25, 0.3) is 0 Å². The summed E-state index contributed by atoms with van der Waals surface area (Å²) in [4.78, 5) is 21.5. The van der Waals surface area contributed by atoms with Gasteiger partial charge in [-0.2, -0.15) is 0 Å². The van der Waals surface area contributed by atoms with Gasteiger partial charge in [0.05, 0.1) is 11.4 Å². The van der Waals surface area contributed by atoms with Crippen LogP contribution in [-0.4, -0.2) is 35.4 Å². The van der Waals surface area contributed by atoms with Gasteiger partial charge in [0.15, 0.2) is 6.10 Å². The first kappa shape index (κ1) is 26.7. The molecule has 194 valence electrons. The van der Waals surface area contributed by atoms with Crippen molar-refractivity contribution in [2.45, 2.75) is 12.5 Å². The van der Waals surface area contributed by atoms with Gasteiger partial charge in [-0.05, 0) is 59.7 Å². The fourth-order valence-corrected chi connectivity index (χ4v) is 3.69. The van der Waals surface area contributed by atoms with Gasteiger partial charge in [-0.3, -0.25) is 15.3 Å². The van der Waals surface area contributed by atoms with E-state index in [0.717, 1.165) is 22.4 Å². The number of halogens is 1. The third-order valence-corrected chi connectivity index (χ3v) is 5.81. The molecule has 1 heterocycles. The lowest BCUT2D eigenvalue weighted by Crippen LogP contribution is -2.29. The predicted octanol–water partition coefficient (Wildman–Crippen LogP) is 6.05. The van der Waals surface area contributed by atoms with Crippen LogP contribution in [0.2, 0.25) is 5.02 Å². The number of aromatic nitrogens is 1. The van der Waals surface area contributed by atoms with Crippen molar-refractivity contribution in [3.8, 4) is 22.8 Å². The summed E-state index contributed by atoms with van der Waals surface area (Å²) < 4.78 is 11.3. The average Bonchev–Trinajstić information content (AvgIpc) is 2.95. The van der Waals surface area contributed by atoms with E-state index < -0.39 is 12.1 Å². The Morgan fingerprint density at radius 2 is 1.63 bits per heavy atom. The standard InChI is InChI=1S/C30H27ClN2O5/c1-21(23-7-9-24(10-8-23)28-4-2-3-17-32-28)33-37-19-18-36-26-13-5-22(6-14-26)20-29(30(34)35)38-27-15-11-25(31)12-16-27/h2-17,29,33H,1,18-20H2,(H,34,35). The molecule has 0 saturated carbocycles. The smallest absolute Gasteiger partial charge is 0.345 e. The van der Waals surface area contributed by atoms with Crippen molar-refractivity contribution < 1.29 is 24.2 Å². The van der Waals surface area contributed by atoms with E-state index in [0.29, 0.717) is 35.4 Å². The van der Waals surface area contributed by atoms with E-state index in [9.17, 15) is 9.90 Å². The molecule has 0 bridgehead atoms. The summed E-state index contributed by atoms with van der Waals surface area (Å²) in [6.07, 6.45) is 0.944. The number of hydrogen-bond donors (Lipinski definition) is 2. The quantitative estimate of drug-likeness (QED) is 0.161. The second kappa shape index (κ2) is 13.3. The molecule has 0 aliphatic carbocycles. The molecule has 8 heteroatoms. The lowest BCUT2D eigenvalue weighted by Gasteiger charge is -2.16. The van der Waals surface area contributed by atoms with Crippen LogP contribution in [0, 0.1) is 0 Å². The zero-order valence-corrected chi connectivity index (χ0v) is 21.3. The van der Waals surface area contributed by atoms with E-state index in [-0.39, 0.29) is 6.42 Å². The van der Waals surface area contributed by atoms with Crippen LogP contribution in [0.4, 0.5) is 0 Å². The SMILES string of the molecule is C=C(NOCCOc1ccc(CC(Oc2ccc(Cl)cc2)C(=O)O)cc1)c1ccc(-c2ccccn2)cc1. The number of hydroxylamine groups is 1. The van der Waals surface area contributed by atoms with Gasteiger partial charge in [-0.25, -0.2) is 4.79 Å². The summed E-state index contributed by atoms with van der Waals surface area (Å²) in [5.41, 5.74) is 7.12. The number of carboxylic acid groups (broad SMARTS) is 1. The molecule has 0 fully saturated rings. The van der Waals surface area contributed by atoms with Gasteiger partial charge in [-0.15, -0.1) is 0 Å². The largest absolute Gasteiger partial charge is 0.491 e. The van der Waals surface area contributed by atoms with Crippen LogP contribution in [0.25, 0.3) is 17.0 Å². The maximum atomic E-state index is 11.7. The molecule has 1 atom stereocenters. The van der Waals surface area contributed by atoms with E-state index >= 15 is 0 Å². The van der Waals surface area contributed by atoms with Crippen molar-refractivity contribution in [3.63, 3.8) is 0 Å². The highest BCUT2D eigenvalue weighted by Crippen LogP contribution is 2.21. The number of benzene rings is 3. The van der Waals surface area contributed by atoms with Gasteiger partial charge in [-0.1, -0.05) is 60.6 Å². The van der Waals surface area contributed by atoms with Crippen molar-refractivity contribution in [1.82, 2.24) is 10.5 Å². The van der Waals surface area contributed by atoms with Crippen LogP contribution in [0.5, 0.6) is 11.5 Å². The van der Waals surface area contributed by atoms with Crippen LogP contribution < -0.4 is 15.0 Å². The first-order valence-corrected chi connectivity index (χ1v) is 12.3. The highest BCUT2D eigenvalue weighted by atomic mass is 35.5. The molecule has 4 rings (SSSR count). The summed E-state index contributed by atoms with van der Waals surface area (Å²) in [5.74, 6) is 0.0435. The number of nitrogens with one attached hydrogen (secondary N) is 1. The first-order valence-electron chi connectivity index (χ1n) is 11.9. The maximum absolute atomic E-state index is 11.7. The Morgan fingerprint density at radius 3 is 2.29 bits per heavy atom. The number of carbonyl (C=O) groups is 1. The van der Waals surface area contributed by atoms with Gasteiger partial charge in [0.1, 0.15) is 24.7 Å². The molecule has 3 aromatic carbocycles. The minimum Gasteiger partial charge on any atom is -0.491 e. The van der Waals surface area contributed by atoms with Crippen LogP contribution in [-0.2, 0) is 16.1 Å². The number of rotatable bonds is 13. The fraction of sp³-hybridized carbons (Fsp3) is 0.133. The third kappa shape index (κ3) is 7.83. The molecule has 7 nitrogen and oxygen atoms in total. The topological polar surface area (TPSA) is 89.9 Å². The summed E-state index contributed by atoms with van der Waals surface area (Å²) in [6, 6.07) is 27.5. The predicted molar refractivity (Wildman–Crippen MR) is 147 cm³/mol. The van der Waals surface area contributed by atoms with E-state index in [1.807, 2.05) is 54.6 Å². The molecule has 0 amide bonds. The normalized spacial score (nSPS) is 11.4. The van der Waals surface area contributed by atoms with E-state index in [1.54, 1.807) is 42.6 Å². The average molecular weight is 531 g/mol. The highest BCUT2D eigenvalue weighted by molar-refractivity contribution is 6.30. The van der Waals surface area contributed by atoms with Crippen molar-refractivity contribution >= 4 is 23.3 Å². The molecule has 0 radical (unpaired) electrons. The third-order valence-electron chi connectivity index (χ3n) is 5.56. The molecule has 38 heavy (non-hydrogen) atoms. The Balaban J connectivity index is 1.18. The molecular weight excluding hydrogens is 504 g/mol. The van der Waals surface area contributed by atoms with Gasteiger partial charge in [0.2, 0.25) is 0 Å². The monoisotopic (exact) mass is 530 g/mol. The zero-order valence-electron chi connectivity index (χ0n) is 20.5. The molecule has 1 aromatic heterocycles. The van der Waals surface area contributed by atoms with Crippen LogP contribution in [0.3, 0.4) is 0 Å². The van der Waals surface area contributed by atoms with E-state index in [1.165, 1.54) is 0 Å². The molecule has 0 aliphatic heterocycles. The number of nitrogens with zero attached hydrogens (tertiary/aromatic N) is 1. The Kier molecular flexibility index (Phi) is 9.34. The summed E-state index contributed by atoms with van der Waals surface area (Å²) in [7, 11) is 0. The first-order chi connectivity index (χ1) is 18.5. The number of pyridine rings is 1.